The summed E-state index contributed by atoms with van der Waals surface area (Å²) in [6.07, 6.45) is 3.26. The Morgan fingerprint density at radius 1 is 1.19 bits per heavy atom. The average molecular weight is 240 g/mol. The molecular weight excluding hydrogens is 222 g/mol. The quantitative estimate of drug-likeness (QED) is 0.575. The molecule has 0 unspecified atom stereocenters. The summed E-state index contributed by atoms with van der Waals surface area (Å²) in [6.45, 7) is 0.712. The molecule has 0 fully saturated rings. The van der Waals surface area contributed by atoms with Gasteiger partial charge in [0.2, 0.25) is 5.91 Å². The number of alkyl halides is 1. The highest BCUT2D eigenvalue weighted by Crippen LogP contribution is 1.99. The fourth-order valence-electron chi connectivity index (χ4n) is 1.46. The fourth-order valence-corrected chi connectivity index (χ4v) is 1.65. The van der Waals surface area contributed by atoms with Gasteiger partial charge in [-0.1, -0.05) is 30.3 Å². The van der Waals surface area contributed by atoms with E-state index < -0.39 is 0 Å². The van der Waals surface area contributed by atoms with Gasteiger partial charge in [-0.15, -0.1) is 11.6 Å². The molecule has 2 nitrogen and oxygen atoms in total. The first-order valence-electron chi connectivity index (χ1n) is 5.69. The minimum absolute atomic E-state index is 0.126. The van der Waals surface area contributed by atoms with E-state index >= 15 is 0 Å². The molecule has 0 aliphatic carbocycles. The molecule has 1 aromatic rings. The van der Waals surface area contributed by atoms with Crippen molar-refractivity contribution in [2.45, 2.75) is 25.7 Å². The Bertz CT molecular complexity index is 300. The molecule has 0 saturated carbocycles. The number of unbranched alkanes of at least 4 members (excludes halogenated alkanes) is 1. The first-order chi connectivity index (χ1) is 7.83. The number of hydrogen-bond acceptors (Lipinski definition) is 1. The van der Waals surface area contributed by atoms with Crippen LogP contribution in [0.1, 0.15) is 24.8 Å². The lowest BCUT2D eigenvalue weighted by molar-refractivity contribution is -0.121. The van der Waals surface area contributed by atoms with Crippen LogP contribution in [0.15, 0.2) is 30.3 Å². The molecule has 0 aliphatic rings. The van der Waals surface area contributed by atoms with Crippen LogP contribution in [0, 0.1) is 0 Å². The molecule has 0 saturated heterocycles. The molecule has 0 radical (unpaired) electrons. The van der Waals surface area contributed by atoms with Gasteiger partial charge in [-0.3, -0.25) is 4.79 Å². The second kappa shape index (κ2) is 8.17. The summed E-state index contributed by atoms with van der Waals surface area (Å²) in [5, 5.41) is 2.91. The normalized spacial score (nSPS) is 10.1. The molecule has 0 aromatic heterocycles. The van der Waals surface area contributed by atoms with Crippen LogP contribution in [-0.4, -0.2) is 18.3 Å². The van der Waals surface area contributed by atoms with Gasteiger partial charge in [0.25, 0.3) is 0 Å². The second-order valence-electron chi connectivity index (χ2n) is 3.73. The monoisotopic (exact) mass is 239 g/mol. The molecule has 88 valence electrons. The van der Waals surface area contributed by atoms with Gasteiger partial charge in [0.15, 0.2) is 0 Å². The standard InChI is InChI=1S/C13H18ClNO/c14-10-5-4-8-13(16)15-11-9-12-6-2-1-3-7-12/h1-3,6-7H,4-5,8-11H2,(H,15,16). The summed E-state index contributed by atoms with van der Waals surface area (Å²) >= 11 is 5.54. The second-order valence-corrected chi connectivity index (χ2v) is 4.11. The van der Waals surface area contributed by atoms with Crippen LogP contribution in [0.3, 0.4) is 0 Å². The van der Waals surface area contributed by atoms with Crippen molar-refractivity contribution < 1.29 is 4.79 Å². The summed E-state index contributed by atoms with van der Waals surface area (Å²) in [5.74, 6) is 0.762. The molecule has 0 spiro atoms. The van der Waals surface area contributed by atoms with Crippen molar-refractivity contribution in [3.63, 3.8) is 0 Å². The zero-order valence-electron chi connectivity index (χ0n) is 9.42. The van der Waals surface area contributed by atoms with Gasteiger partial charge in [-0.05, 0) is 24.8 Å². The molecule has 3 heteroatoms. The lowest BCUT2D eigenvalue weighted by Crippen LogP contribution is -2.25. The molecule has 0 atom stereocenters. The Kier molecular flexibility index (Phi) is 6.66. The third kappa shape index (κ3) is 5.76. The highest BCUT2D eigenvalue weighted by atomic mass is 35.5. The van der Waals surface area contributed by atoms with Crippen LogP contribution in [0.5, 0.6) is 0 Å². The topological polar surface area (TPSA) is 29.1 Å². The Balaban J connectivity index is 2.09. The predicted molar refractivity (Wildman–Crippen MR) is 67.7 cm³/mol. The van der Waals surface area contributed by atoms with Crippen molar-refractivity contribution in [2.75, 3.05) is 12.4 Å². The van der Waals surface area contributed by atoms with E-state index in [1.807, 2.05) is 18.2 Å². The zero-order valence-corrected chi connectivity index (χ0v) is 10.2. The third-order valence-corrected chi connectivity index (χ3v) is 2.63. The molecule has 16 heavy (non-hydrogen) atoms. The molecule has 0 bridgehead atoms. The van der Waals surface area contributed by atoms with Crippen molar-refractivity contribution >= 4 is 17.5 Å². The molecule has 0 heterocycles. The van der Waals surface area contributed by atoms with Crippen LogP contribution >= 0.6 is 11.6 Å². The molecule has 1 rings (SSSR count). The first kappa shape index (κ1) is 13.0. The molecule has 0 aliphatic heterocycles. The van der Waals surface area contributed by atoms with E-state index in [0.29, 0.717) is 18.8 Å². The maximum absolute atomic E-state index is 11.4. The number of amides is 1. The SMILES string of the molecule is O=C(CCCCCl)NCCc1ccccc1. The number of carbonyl (C=O) groups excluding carboxylic acids is 1. The predicted octanol–water partition coefficient (Wildman–Crippen LogP) is 2.75. The lowest BCUT2D eigenvalue weighted by atomic mass is 10.1. The van der Waals surface area contributed by atoms with Gasteiger partial charge in [-0.25, -0.2) is 0 Å². The summed E-state index contributed by atoms with van der Waals surface area (Å²) in [6, 6.07) is 10.2. The van der Waals surface area contributed by atoms with Crippen molar-refractivity contribution in [3.05, 3.63) is 35.9 Å². The maximum atomic E-state index is 11.4. The maximum Gasteiger partial charge on any atom is 0.220 e. The van der Waals surface area contributed by atoms with Gasteiger partial charge in [0.05, 0.1) is 0 Å². The van der Waals surface area contributed by atoms with E-state index in [1.165, 1.54) is 5.56 Å². The lowest BCUT2D eigenvalue weighted by Gasteiger charge is -2.04. The number of benzene rings is 1. The minimum atomic E-state index is 0.126. The first-order valence-corrected chi connectivity index (χ1v) is 6.23. The van der Waals surface area contributed by atoms with Crippen LogP contribution in [0.2, 0.25) is 0 Å². The largest absolute Gasteiger partial charge is 0.356 e. The van der Waals surface area contributed by atoms with Crippen LogP contribution < -0.4 is 5.32 Å². The van der Waals surface area contributed by atoms with Crippen molar-refractivity contribution in [1.29, 1.82) is 0 Å². The third-order valence-electron chi connectivity index (χ3n) is 2.37. The number of halogens is 1. The van der Waals surface area contributed by atoms with E-state index in [4.69, 9.17) is 11.6 Å². The molecule has 1 N–H and O–H groups in total. The number of nitrogens with one attached hydrogen (secondary N) is 1. The van der Waals surface area contributed by atoms with Gasteiger partial charge in [-0.2, -0.15) is 0 Å². The summed E-state index contributed by atoms with van der Waals surface area (Å²) in [5.41, 5.74) is 1.25. The minimum Gasteiger partial charge on any atom is -0.356 e. The average Bonchev–Trinajstić information content (AvgIpc) is 2.31. The van der Waals surface area contributed by atoms with Gasteiger partial charge in [0.1, 0.15) is 0 Å². The number of carbonyl (C=O) groups is 1. The molecule has 1 amide bonds. The van der Waals surface area contributed by atoms with Gasteiger partial charge in [0, 0.05) is 18.8 Å². The Morgan fingerprint density at radius 2 is 1.94 bits per heavy atom. The summed E-state index contributed by atoms with van der Waals surface area (Å²) in [7, 11) is 0. The Morgan fingerprint density at radius 3 is 2.62 bits per heavy atom. The van der Waals surface area contributed by atoms with E-state index in [1.54, 1.807) is 0 Å². The highest BCUT2D eigenvalue weighted by molar-refractivity contribution is 6.17. The number of hydrogen-bond donors (Lipinski definition) is 1. The molecular formula is C13H18ClNO. The molecule has 1 aromatic carbocycles. The fraction of sp³-hybridized carbons (Fsp3) is 0.462. The van der Waals surface area contributed by atoms with Crippen molar-refractivity contribution in [3.8, 4) is 0 Å². The number of rotatable bonds is 7. The Labute approximate surface area is 102 Å². The highest BCUT2D eigenvalue weighted by Gasteiger charge is 1.99. The van der Waals surface area contributed by atoms with Crippen LogP contribution in [0.4, 0.5) is 0 Å². The summed E-state index contributed by atoms with van der Waals surface area (Å²) < 4.78 is 0. The van der Waals surface area contributed by atoms with E-state index in [0.717, 1.165) is 19.3 Å². The van der Waals surface area contributed by atoms with Crippen LogP contribution in [0.25, 0.3) is 0 Å². The van der Waals surface area contributed by atoms with E-state index in [-0.39, 0.29) is 5.91 Å². The van der Waals surface area contributed by atoms with Crippen molar-refractivity contribution in [2.24, 2.45) is 0 Å². The Hall–Kier alpha value is -1.02. The smallest absolute Gasteiger partial charge is 0.220 e. The summed E-state index contributed by atoms with van der Waals surface area (Å²) in [4.78, 5) is 11.4. The van der Waals surface area contributed by atoms with Crippen molar-refractivity contribution in [1.82, 2.24) is 5.32 Å². The van der Waals surface area contributed by atoms with Gasteiger partial charge >= 0.3 is 0 Å². The zero-order chi connectivity index (χ0) is 11.6. The van der Waals surface area contributed by atoms with Crippen LogP contribution in [-0.2, 0) is 11.2 Å². The van der Waals surface area contributed by atoms with E-state index in [9.17, 15) is 4.79 Å². The van der Waals surface area contributed by atoms with Gasteiger partial charge < -0.3 is 5.32 Å². The van der Waals surface area contributed by atoms with E-state index in [2.05, 4.69) is 17.4 Å².